The zero-order chi connectivity index (χ0) is 15.7. The van der Waals surface area contributed by atoms with Crippen molar-refractivity contribution in [1.29, 1.82) is 0 Å². The molecule has 3 atom stereocenters. The molecule has 118 valence electrons. The van der Waals surface area contributed by atoms with E-state index < -0.39 is 24.0 Å². The second-order valence-corrected chi connectivity index (χ2v) is 6.19. The average Bonchev–Trinajstić information content (AvgIpc) is 2.26. The predicted molar refractivity (Wildman–Crippen MR) is 70.4 cm³/mol. The van der Waals surface area contributed by atoms with Crippen molar-refractivity contribution in [3.05, 3.63) is 0 Å². The Hall–Kier alpha value is -0.780. The van der Waals surface area contributed by atoms with Gasteiger partial charge in [0.15, 0.2) is 0 Å². The fourth-order valence-corrected chi connectivity index (χ4v) is 3.52. The van der Waals surface area contributed by atoms with Crippen LogP contribution >= 0.6 is 0 Å². The molecule has 0 bridgehead atoms. The number of rotatable bonds is 4. The molecule has 0 radical (unpaired) electrons. The van der Waals surface area contributed by atoms with Gasteiger partial charge >= 0.3 is 12.1 Å². The number of carboxylic acid groups (broad SMARTS) is 1. The van der Waals surface area contributed by atoms with Gasteiger partial charge in [0, 0.05) is 18.1 Å². The lowest BCUT2D eigenvalue weighted by atomic mass is 9.75. The zero-order valence-electron chi connectivity index (χ0n) is 12.4. The van der Waals surface area contributed by atoms with E-state index in [-0.39, 0.29) is 31.0 Å². The van der Waals surface area contributed by atoms with Crippen LogP contribution in [0.5, 0.6) is 0 Å². The molecule has 0 aromatic carbocycles. The Labute approximate surface area is 118 Å². The molecule has 3 unspecified atom stereocenters. The van der Waals surface area contributed by atoms with Gasteiger partial charge in [-0.25, -0.2) is 0 Å². The Balaban J connectivity index is 2.94. The van der Waals surface area contributed by atoms with E-state index in [0.29, 0.717) is 6.42 Å². The van der Waals surface area contributed by atoms with Gasteiger partial charge in [0.05, 0.1) is 11.8 Å². The van der Waals surface area contributed by atoms with Crippen molar-refractivity contribution in [2.24, 2.45) is 11.8 Å². The first-order chi connectivity index (χ1) is 9.05. The van der Waals surface area contributed by atoms with Crippen molar-refractivity contribution in [2.75, 3.05) is 0 Å². The maximum absolute atomic E-state index is 13.1. The lowest BCUT2D eigenvalue weighted by molar-refractivity contribution is -0.208. The van der Waals surface area contributed by atoms with Crippen molar-refractivity contribution in [3.63, 3.8) is 0 Å². The lowest BCUT2D eigenvalue weighted by Gasteiger charge is -2.44. The van der Waals surface area contributed by atoms with Crippen LogP contribution in [0.1, 0.15) is 47.0 Å². The highest BCUT2D eigenvalue weighted by molar-refractivity contribution is 5.70. The molecule has 1 saturated carbocycles. The number of hydrogen-bond acceptors (Lipinski definition) is 2. The topological polar surface area (TPSA) is 40.5 Å². The molecule has 0 heterocycles. The minimum absolute atomic E-state index is 0.0973. The van der Waals surface area contributed by atoms with Crippen LogP contribution in [0, 0.1) is 11.8 Å². The summed E-state index contributed by atoms with van der Waals surface area (Å²) in [5.74, 6) is -4.36. The fraction of sp³-hybridized carbons (Fsp3) is 0.929. The van der Waals surface area contributed by atoms with Gasteiger partial charge in [-0.2, -0.15) is 13.2 Å². The van der Waals surface area contributed by atoms with E-state index in [1.807, 2.05) is 27.7 Å². The van der Waals surface area contributed by atoms with Gasteiger partial charge < -0.3 is 5.11 Å². The number of halogens is 3. The smallest absolute Gasteiger partial charge is 0.392 e. The Morgan fingerprint density at radius 2 is 1.65 bits per heavy atom. The van der Waals surface area contributed by atoms with E-state index in [1.54, 1.807) is 0 Å². The highest BCUT2D eigenvalue weighted by Crippen LogP contribution is 2.43. The minimum Gasteiger partial charge on any atom is -0.481 e. The molecule has 0 spiro atoms. The fourth-order valence-electron chi connectivity index (χ4n) is 3.52. The van der Waals surface area contributed by atoms with Crippen molar-refractivity contribution >= 4 is 5.97 Å². The van der Waals surface area contributed by atoms with Crippen molar-refractivity contribution in [1.82, 2.24) is 4.90 Å². The Kier molecular flexibility index (Phi) is 5.46. The molecule has 0 saturated heterocycles. The van der Waals surface area contributed by atoms with Gasteiger partial charge in [-0.05, 0) is 47.0 Å². The highest BCUT2D eigenvalue weighted by atomic mass is 19.4. The Morgan fingerprint density at radius 3 is 2.00 bits per heavy atom. The number of nitrogens with zero attached hydrogens (tertiary/aromatic N) is 1. The highest BCUT2D eigenvalue weighted by Gasteiger charge is 2.51. The standard InChI is InChI=1S/C14H24F3NO2/c1-8(2)18(9(3)4)10-5-6-11(13(19)20)12(7-10)14(15,16)17/h8-12H,5-7H2,1-4H3,(H,19,20). The second kappa shape index (κ2) is 6.33. The van der Waals surface area contributed by atoms with Gasteiger partial charge in [0.1, 0.15) is 0 Å². The third-order valence-corrected chi connectivity index (χ3v) is 4.17. The summed E-state index contributed by atoms with van der Waals surface area (Å²) in [5.41, 5.74) is 0. The quantitative estimate of drug-likeness (QED) is 0.862. The SMILES string of the molecule is CC(C)N(C(C)C)C1CCC(C(=O)O)C(C(F)(F)F)C1. The molecular weight excluding hydrogens is 271 g/mol. The maximum Gasteiger partial charge on any atom is 0.392 e. The van der Waals surface area contributed by atoms with Gasteiger partial charge in [-0.1, -0.05) is 0 Å². The summed E-state index contributed by atoms with van der Waals surface area (Å²) in [6.07, 6.45) is -3.95. The van der Waals surface area contributed by atoms with Gasteiger partial charge in [0.2, 0.25) is 0 Å². The zero-order valence-corrected chi connectivity index (χ0v) is 12.4. The number of carboxylic acids is 1. The average molecular weight is 295 g/mol. The van der Waals surface area contributed by atoms with Gasteiger partial charge in [-0.15, -0.1) is 0 Å². The van der Waals surface area contributed by atoms with Gasteiger partial charge in [-0.3, -0.25) is 9.69 Å². The van der Waals surface area contributed by atoms with E-state index in [1.165, 1.54) is 0 Å². The largest absolute Gasteiger partial charge is 0.481 e. The van der Waals surface area contributed by atoms with E-state index in [0.717, 1.165) is 0 Å². The Morgan fingerprint density at radius 1 is 1.15 bits per heavy atom. The molecule has 1 fully saturated rings. The minimum atomic E-state index is -4.44. The van der Waals surface area contributed by atoms with Crippen LogP contribution in [0.15, 0.2) is 0 Å². The molecule has 20 heavy (non-hydrogen) atoms. The third-order valence-electron chi connectivity index (χ3n) is 4.17. The maximum atomic E-state index is 13.1. The summed E-state index contributed by atoms with van der Waals surface area (Å²) in [6, 6.07) is 0.0998. The third kappa shape index (κ3) is 3.87. The normalized spacial score (nSPS) is 28.4. The molecule has 1 aliphatic carbocycles. The summed E-state index contributed by atoms with van der Waals surface area (Å²) < 4.78 is 39.3. The number of alkyl halides is 3. The van der Waals surface area contributed by atoms with Crippen LogP contribution in [0.25, 0.3) is 0 Å². The molecule has 0 amide bonds. The molecule has 3 nitrogen and oxygen atoms in total. The van der Waals surface area contributed by atoms with Gasteiger partial charge in [0.25, 0.3) is 0 Å². The van der Waals surface area contributed by atoms with Crippen LogP contribution in [-0.2, 0) is 4.79 Å². The first-order valence-corrected chi connectivity index (χ1v) is 7.12. The summed E-state index contributed by atoms with van der Waals surface area (Å²) in [4.78, 5) is 13.1. The van der Waals surface area contributed by atoms with Crippen LogP contribution in [0.4, 0.5) is 13.2 Å². The van der Waals surface area contributed by atoms with Crippen LogP contribution < -0.4 is 0 Å². The van der Waals surface area contributed by atoms with Crippen LogP contribution in [0.3, 0.4) is 0 Å². The van der Waals surface area contributed by atoms with Crippen molar-refractivity contribution < 1.29 is 23.1 Å². The summed E-state index contributed by atoms with van der Waals surface area (Å²) in [7, 11) is 0. The predicted octanol–water partition coefficient (Wildman–Crippen LogP) is 3.54. The first-order valence-electron chi connectivity index (χ1n) is 7.12. The summed E-state index contributed by atoms with van der Waals surface area (Å²) in [5, 5.41) is 9.00. The van der Waals surface area contributed by atoms with Crippen LogP contribution in [0.2, 0.25) is 0 Å². The molecule has 6 heteroatoms. The molecule has 1 N–H and O–H groups in total. The second-order valence-electron chi connectivity index (χ2n) is 6.19. The monoisotopic (exact) mass is 295 g/mol. The summed E-state index contributed by atoms with van der Waals surface area (Å²) >= 11 is 0. The molecule has 0 aromatic heterocycles. The molecular formula is C14H24F3NO2. The number of aliphatic carboxylic acids is 1. The van der Waals surface area contributed by atoms with E-state index in [2.05, 4.69) is 4.90 Å². The Bertz CT molecular complexity index is 334. The van der Waals surface area contributed by atoms with E-state index in [4.69, 9.17) is 5.11 Å². The lowest BCUT2D eigenvalue weighted by Crippen LogP contribution is -2.51. The molecule has 1 rings (SSSR count). The molecule has 0 aromatic rings. The summed E-state index contributed by atoms with van der Waals surface area (Å²) in [6.45, 7) is 7.86. The number of hydrogen-bond donors (Lipinski definition) is 1. The van der Waals surface area contributed by atoms with Crippen molar-refractivity contribution in [3.8, 4) is 0 Å². The van der Waals surface area contributed by atoms with Crippen LogP contribution in [-0.4, -0.2) is 40.3 Å². The molecule has 0 aliphatic heterocycles. The first kappa shape index (κ1) is 17.3. The van der Waals surface area contributed by atoms with Crippen molar-refractivity contribution in [2.45, 2.75) is 71.3 Å². The van der Waals surface area contributed by atoms with E-state index >= 15 is 0 Å². The number of carbonyl (C=O) groups is 1. The molecule has 1 aliphatic rings. The van der Waals surface area contributed by atoms with E-state index in [9.17, 15) is 18.0 Å².